The van der Waals surface area contributed by atoms with Crippen LogP contribution in [-0.2, 0) is 6.42 Å². The normalized spacial score (nSPS) is 12.6. The van der Waals surface area contributed by atoms with Gasteiger partial charge in [-0.05, 0) is 49.2 Å². The number of guanidine groups is 1. The summed E-state index contributed by atoms with van der Waals surface area (Å²) in [5.41, 5.74) is 1.10. The molecule has 0 fully saturated rings. The van der Waals surface area contributed by atoms with Crippen LogP contribution in [0.25, 0.3) is 0 Å². The number of nitrogens with one attached hydrogen (secondary N) is 2. The summed E-state index contributed by atoms with van der Waals surface area (Å²) in [7, 11) is 1.71. The van der Waals surface area contributed by atoms with Gasteiger partial charge in [-0.15, -0.1) is 0 Å². The van der Waals surface area contributed by atoms with E-state index in [-0.39, 0.29) is 11.9 Å². The van der Waals surface area contributed by atoms with E-state index in [1.165, 1.54) is 12.1 Å². The maximum absolute atomic E-state index is 12.9. The molecule has 7 heteroatoms. The van der Waals surface area contributed by atoms with Gasteiger partial charge in [0, 0.05) is 19.8 Å². The van der Waals surface area contributed by atoms with Crippen LogP contribution in [0.1, 0.15) is 12.5 Å². The van der Waals surface area contributed by atoms with E-state index in [1.807, 2.05) is 13.0 Å². The van der Waals surface area contributed by atoms with Gasteiger partial charge in [0.25, 0.3) is 0 Å². The Kier molecular flexibility index (Phi) is 7.47. The summed E-state index contributed by atoms with van der Waals surface area (Å²) in [4.78, 5) is 8.23. The number of benzene rings is 1. The van der Waals surface area contributed by atoms with E-state index in [4.69, 9.17) is 16.3 Å². The maximum Gasteiger partial charge on any atom is 0.191 e. The van der Waals surface area contributed by atoms with Crippen molar-refractivity contribution in [2.24, 2.45) is 4.99 Å². The number of ether oxygens (including phenoxy) is 1. The van der Waals surface area contributed by atoms with Gasteiger partial charge in [-0.2, -0.15) is 0 Å². The summed E-state index contributed by atoms with van der Waals surface area (Å²) in [6, 6.07) is 9.70. The van der Waals surface area contributed by atoms with E-state index < -0.39 is 0 Å². The molecule has 1 unspecified atom stereocenters. The van der Waals surface area contributed by atoms with Crippen molar-refractivity contribution in [2.75, 3.05) is 20.1 Å². The van der Waals surface area contributed by atoms with Crippen LogP contribution in [0.15, 0.2) is 47.6 Å². The second-order valence-electron chi connectivity index (χ2n) is 5.50. The predicted octanol–water partition coefficient (Wildman–Crippen LogP) is 3.05. The molecule has 1 atom stereocenters. The van der Waals surface area contributed by atoms with Crippen LogP contribution in [-0.4, -0.2) is 37.2 Å². The Morgan fingerprint density at radius 3 is 2.64 bits per heavy atom. The number of hydrogen-bond donors (Lipinski definition) is 2. The predicted molar refractivity (Wildman–Crippen MR) is 98.8 cm³/mol. The molecule has 0 aliphatic carbocycles. The van der Waals surface area contributed by atoms with Crippen molar-refractivity contribution in [1.82, 2.24) is 15.6 Å². The minimum atomic E-state index is -0.279. The molecule has 5 nitrogen and oxygen atoms in total. The minimum Gasteiger partial charge on any atom is -0.489 e. The van der Waals surface area contributed by atoms with Crippen molar-refractivity contribution in [3.05, 3.63) is 59.1 Å². The lowest BCUT2D eigenvalue weighted by Crippen LogP contribution is -2.42. The van der Waals surface area contributed by atoms with Gasteiger partial charge in [0.1, 0.15) is 22.8 Å². The molecule has 1 aromatic heterocycles. The molecule has 1 heterocycles. The topological polar surface area (TPSA) is 58.5 Å². The fourth-order valence-corrected chi connectivity index (χ4v) is 2.24. The SMILES string of the molecule is CN=C(NCCc1ccc(Cl)nc1)NCC(C)Oc1ccc(F)cc1. The van der Waals surface area contributed by atoms with Crippen molar-refractivity contribution in [1.29, 1.82) is 0 Å². The Hall–Kier alpha value is -2.34. The van der Waals surface area contributed by atoms with Crippen LogP contribution in [0, 0.1) is 5.82 Å². The fraction of sp³-hybridized carbons (Fsp3) is 0.333. The number of aliphatic imine (C=N–C) groups is 1. The Bertz CT molecular complexity index is 676. The standard InChI is InChI=1S/C18H22ClFN4O/c1-13(25-16-6-4-15(20)5-7-16)11-24-18(21-2)22-10-9-14-3-8-17(19)23-12-14/h3-8,12-13H,9-11H2,1-2H3,(H2,21,22,24). The Morgan fingerprint density at radius 1 is 1.24 bits per heavy atom. The van der Waals surface area contributed by atoms with E-state index in [9.17, 15) is 4.39 Å². The van der Waals surface area contributed by atoms with Crippen molar-refractivity contribution in [3.8, 4) is 5.75 Å². The molecule has 2 aromatic rings. The average molecular weight is 365 g/mol. The van der Waals surface area contributed by atoms with Gasteiger partial charge in [0.15, 0.2) is 5.96 Å². The highest BCUT2D eigenvalue weighted by Gasteiger charge is 2.06. The van der Waals surface area contributed by atoms with Crippen molar-refractivity contribution < 1.29 is 9.13 Å². The Balaban J connectivity index is 1.70. The maximum atomic E-state index is 12.9. The molecule has 25 heavy (non-hydrogen) atoms. The number of hydrogen-bond acceptors (Lipinski definition) is 3. The third kappa shape index (κ3) is 6.97. The summed E-state index contributed by atoms with van der Waals surface area (Å²) in [5, 5.41) is 6.92. The number of aromatic nitrogens is 1. The molecular formula is C18H22ClFN4O. The zero-order valence-electron chi connectivity index (χ0n) is 14.3. The van der Waals surface area contributed by atoms with Crippen LogP contribution < -0.4 is 15.4 Å². The van der Waals surface area contributed by atoms with Gasteiger partial charge in [-0.25, -0.2) is 9.37 Å². The smallest absolute Gasteiger partial charge is 0.191 e. The summed E-state index contributed by atoms with van der Waals surface area (Å²) in [6.07, 6.45) is 2.48. The molecule has 134 valence electrons. The minimum absolute atomic E-state index is 0.0931. The third-order valence-corrected chi connectivity index (χ3v) is 3.65. The zero-order valence-corrected chi connectivity index (χ0v) is 15.1. The van der Waals surface area contributed by atoms with Crippen molar-refractivity contribution in [2.45, 2.75) is 19.4 Å². The molecule has 0 amide bonds. The second kappa shape index (κ2) is 9.84. The van der Waals surface area contributed by atoms with Gasteiger partial charge in [0.05, 0.1) is 6.54 Å². The molecular weight excluding hydrogens is 343 g/mol. The number of nitrogens with zero attached hydrogens (tertiary/aromatic N) is 2. The second-order valence-corrected chi connectivity index (χ2v) is 5.89. The quantitative estimate of drug-likeness (QED) is 0.450. The Morgan fingerprint density at radius 2 is 2.00 bits per heavy atom. The number of halogens is 2. The van der Waals surface area contributed by atoms with Crippen LogP contribution in [0.4, 0.5) is 4.39 Å². The lowest BCUT2D eigenvalue weighted by molar-refractivity contribution is 0.223. The van der Waals surface area contributed by atoms with Gasteiger partial charge >= 0.3 is 0 Å². The molecule has 0 saturated heterocycles. The van der Waals surface area contributed by atoms with E-state index >= 15 is 0 Å². The highest BCUT2D eigenvalue weighted by molar-refractivity contribution is 6.29. The number of pyridine rings is 1. The third-order valence-electron chi connectivity index (χ3n) is 3.43. The first-order valence-electron chi connectivity index (χ1n) is 8.04. The zero-order chi connectivity index (χ0) is 18.1. The summed E-state index contributed by atoms with van der Waals surface area (Å²) in [6.45, 7) is 3.22. The molecule has 0 aliphatic rings. The van der Waals surface area contributed by atoms with E-state index in [0.29, 0.717) is 23.4 Å². The van der Waals surface area contributed by atoms with E-state index in [2.05, 4.69) is 20.6 Å². The number of rotatable bonds is 7. The van der Waals surface area contributed by atoms with Crippen molar-refractivity contribution in [3.63, 3.8) is 0 Å². The lowest BCUT2D eigenvalue weighted by Gasteiger charge is -2.17. The first-order valence-corrected chi connectivity index (χ1v) is 8.42. The molecule has 0 spiro atoms. The van der Waals surface area contributed by atoms with Crippen LogP contribution in [0.5, 0.6) is 5.75 Å². The summed E-state index contributed by atoms with van der Waals surface area (Å²) < 4.78 is 18.6. The average Bonchev–Trinajstić information content (AvgIpc) is 2.61. The Labute approximate surface area is 152 Å². The van der Waals surface area contributed by atoms with Crippen LogP contribution in [0.2, 0.25) is 5.15 Å². The van der Waals surface area contributed by atoms with E-state index in [1.54, 1.807) is 31.4 Å². The lowest BCUT2D eigenvalue weighted by atomic mass is 10.2. The van der Waals surface area contributed by atoms with Gasteiger partial charge in [-0.3, -0.25) is 4.99 Å². The summed E-state index contributed by atoms with van der Waals surface area (Å²) in [5.74, 6) is 1.05. The molecule has 0 aliphatic heterocycles. The van der Waals surface area contributed by atoms with E-state index in [0.717, 1.165) is 18.5 Å². The molecule has 0 saturated carbocycles. The van der Waals surface area contributed by atoms with Crippen molar-refractivity contribution >= 4 is 17.6 Å². The molecule has 2 N–H and O–H groups in total. The van der Waals surface area contributed by atoms with Crippen LogP contribution >= 0.6 is 11.6 Å². The van der Waals surface area contributed by atoms with Gasteiger partial charge in [-0.1, -0.05) is 17.7 Å². The molecule has 0 radical (unpaired) electrons. The first-order chi connectivity index (χ1) is 12.1. The molecule has 0 bridgehead atoms. The highest BCUT2D eigenvalue weighted by Crippen LogP contribution is 2.12. The molecule has 2 rings (SSSR count). The largest absolute Gasteiger partial charge is 0.489 e. The monoisotopic (exact) mass is 364 g/mol. The van der Waals surface area contributed by atoms with Gasteiger partial charge < -0.3 is 15.4 Å². The fourth-order valence-electron chi connectivity index (χ4n) is 2.13. The highest BCUT2D eigenvalue weighted by atomic mass is 35.5. The molecule has 1 aromatic carbocycles. The van der Waals surface area contributed by atoms with Gasteiger partial charge in [0.2, 0.25) is 0 Å². The first kappa shape index (κ1) is 19.0. The summed E-state index contributed by atoms with van der Waals surface area (Å²) >= 11 is 5.77. The van der Waals surface area contributed by atoms with Crippen LogP contribution in [0.3, 0.4) is 0 Å².